The Balaban J connectivity index is 2.26. The summed E-state index contributed by atoms with van der Waals surface area (Å²) in [6, 6.07) is 4.28. The molecule has 0 saturated carbocycles. The fraction of sp³-hybridized carbons (Fsp3) is 0.364. The number of fused-ring (bicyclic) bond motifs is 1. The van der Waals surface area contributed by atoms with Crippen molar-refractivity contribution in [2.24, 2.45) is 4.99 Å². The molecule has 1 aromatic carbocycles. The van der Waals surface area contributed by atoms with Gasteiger partial charge in [-0.05, 0) is 25.0 Å². The van der Waals surface area contributed by atoms with Crippen LogP contribution in [0.25, 0.3) is 0 Å². The molecule has 0 amide bonds. The van der Waals surface area contributed by atoms with Crippen LogP contribution in [-0.2, 0) is 6.42 Å². The molecule has 0 unspecified atom stereocenters. The van der Waals surface area contributed by atoms with Crippen molar-refractivity contribution in [2.75, 3.05) is 11.9 Å². The van der Waals surface area contributed by atoms with Crippen molar-refractivity contribution in [3.8, 4) is 5.75 Å². The Morgan fingerprint density at radius 2 is 2.12 bits per heavy atom. The second kappa shape index (κ2) is 4.27. The summed E-state index contributed by atoms with van der Waals surface area (Å²) in [6.07, 6.45) is -3.96. The third kappa shape index (κ3) is 3.12. The molecule has 0 bridgehead atoms. The molecule has 0 atom stereocenters. The van der Waals surface area contributed by atoms with E-state index in [0.29, 0.717) is 24.5 Å². The van der Waals surface area contributed by atoms with Crippen LogP contribution in [0, 0.1) is 0 Å². The molecule has 0 saturated heterocycles. The first kappa shape index (κ1) is 11.8. The van der Waals surface area contributed by atoms with Gasteiger partial charge in [0.2, 0.25) is 0 Å². The highest BCUT2D eigenvalue weighted by atomic mass is 19.4. The van der Waals surface area contributed by atoms with Crippen LogP contribution in [0.4, 0.5) is 18.9 Å². The summed E-state index contributed by atoms with van der Waals surface area (Å²) in [6.45, 7) is 2.40. The summed E-state index contributed by atoms with van der Waals surface area (Å²) in [5, 5.41) is 2.95. The number of ether oxygens (including phenoxy) is 1. The second-order valence-electron chi connectivity index (χ2n) is 3.71. The average molecular weight is 244 g/mol. The van der Waals surface area contributed by atoms with Gasteiger partial charge < -0.3 is 10.1 Å². The SMILES string of the molecule is CC1=NCCc2ccc(OC(F)(F)F)cc2N1. The van der Waals surface area contributed by atoms with Crippen molar-refractivity contribution in [1.29, 1.82) is 0 Å². The van der Waals surface area contributed by atoms with E-state index in [4.69, 9.17) is 0 Å². The topological polar surface area (TPSA) is 33.6 Å². The predicted molar refractivity (Wildman–Crippen MR) is 58.4 cm³/mol. The molecule has 2 rings (SSSR count). The van der Waals surface area contributed by atoms with Gasteiger partial charge in [-0.25, -0.2) is 0 Å². The Morgan fingerprint density at radius 3 is 2.82 bits per heavy atom. The van der Waals surface area contributed by atoms with Gasteiger partial charge in [-0.2, -0.15) is 0 Å². The van der Waals surface area contributed by atoms with Crippen molar-refractivity contribution in [3.63, 3.8) is 0 Å². The minimum atomic E-state index is -4.66. The monoisotopic (exact) mass is 244 g/mol. The van der Waals surface area contributed by atoms with E-state index in [2.05, 4.69) is 15.0 Å². The molecule has 0 spiro atoms. The van der Waals surface area contributed by atoms with E-state index in [1.165, 1.54) is 12.1 Å². The van der Waals surface area contributed by atoms with Crippen LogP contribution < -0.4 is 10.1 Å². The lowest BCUT2D eigenvalue weighted by molar-refractivity contribution is -0.274. The first-order valence-corrected chi connectivity index (χ1v) is 5.11. The largest absolute Gasteiger partial charge is 0.573 e. The molecule has 0 aromatic heterocycles. The Kier molecular flexibility index (Phi) is 2.95. The molecule has 0 fully saturated rings. The lowest BCUT2D eigenvalue weighted by Crippen LogP contribution is -2.17. The van der Waals surface area contributed by atoms with E-state index >= 15 is 0 Å². The van der Waals surface area contributed by atoms with Gasteiger partial charge in [0.15, 0.2) is 0 Å². The molecule has 0 aliphatic carbocycles. The minimum absolute atomic E-state index is 0.224. The van der Waals surface area contributed by atoms with E-state index in [1.807, 2.05) is 0 Å². The summed E-state index contributed by atoms with van der Waals surface area (Å²) in [7, 11) is 0. The van der Waals surface area contributed by atoms with Gasteiger partial charge in [-0.15, -0.1) is 13.2 Å². The third-order valence-corrected chi connectivity index (χ3v) is 2.36. The van der Waals surface area contributed by atoms with Gasteiger partial charge >= 0.3 is 6.36 Å². The Bertz CT molecular complexity index is 455. The molecule has 92 valence electrons. The minimum Gasteiger partial charge on any atom is -0.406 e. The van der Waals surface area contributed by atoms with Crippen molar-refractivity contribution in [3.05, 3.63) is 23.8 Å². The van der Waals surface area contributed by atoms with Crippen molar-refractivity contribution < 1.29 is 17.9 Å². The third-order valence-electron chi connectivity index (χ3n) is 2.36. The number of alkyl halides is 3. The first-order valence-electron chi connectivity index (χ1n) is 5.11. The fourth-order valence-electron chi connectivity index (χ4n) is 1.67. The normalized spacial score (nSPS) is 15.4. The van der Waals surface area contributed by atoms with Gasteiger partial charge in [0.05, 0.1) is 5.84 Å². The number of benzene rings is 1. The van der Waals surface area contributed by atoms with E-state index in [1.54, 1.807) is 13.0 Å². The molecule has 1 heterocycles. The van der Waals surface area contributed by atoms with Gasteiger partial charge in [0, 0.05) is 18.3 Å². The van der Waals surface area contributed by atoms with Crippen LogP contribution in [-0.4, -0.2) is 18.7 Å². The average Bonchev–Trinajstić information content (AvgIpc) is 2.35. The zero-order valence-corrected chi connectivity index (χ0v) is 9.14. The predicted octanol–water partition coefficient (Wildman–Crippen LogP) is 2.97. The van der Waals surface area contributed by atoms with Crippen LogP contribution in [0.15, 0.2) is 23.2 Å². The zero-order chi connectivity index (χ0) is 12.5. The molecule has 3 nitrogen and oxygen atoms in total. The number of rotatable bonds is 1. The zero-order valence-electron chi connectivity index (χ0n) is 9.14. The molecule has 1 N–H and O–H groups in total. The second-order valence-corrected chi connectivity index (χ2v) is 3.71. The number of halogens is 3. The molecule has 0 radical (unpaired) electrons. The first-order chi connectivity index (χ1) is 7.94. The lowest BCUT2D eigenvalue weighted by Gasteiger charge is -2.12. The highest BCUT2D eigenvalue weighted by Crippen LogP contribution is 2.28. The summed E-state index contributed by atoms with van der Waals surface area (Å²) in [5.41, 5.74) is 1.55. The van der Waals surface area contributed by atoms with E-state index < -0.39 is 6.36 Å². The maximum atomic E-state index is 12.1. The van der Waals surface area contributed by atoms with Crippen LogP contribution in [0.2, 0.25) is 0 Å². The molecule has 6 heteroatoms. The van der Waals surface area contributed by atoms with Crippen LogP contribution in [0.3, 0.4) is 0 Å². The number of nitrogens with zero attached hydrogens (tertiary/aromatic N) is 1. The Labute approximate surface area is 96.3 Å². The number of nitrogens with one attached hydrogen (secondary N) is 1. The smallest absolute Gasteiger partial charge is 0.406 e. The van der Waals surface area contributed by atoms with Crippen LogP contribution >= 0.6 is 0 Å². The van der Waals surface area contributed by atoms with E-state index in [0.717, 1.165) is 5.56 Å². The summed E-state index contributed by atoms with van der Waals surface area (Å²) >= 11 is 0. The molecule has 1 aromatic rings. The van der Waals surface area contributed by atoms with E-state index in [-0.39, 0.29) is 5.75 Å². The number of hydrogen-bond acceptors (Lipinski definition) is 3. The van der Waals surface area contributed by atoms with Crippen molar-refractivity contribution in [2.45, 2.75) is 19.7 Å². The molecular weight excluding hydrogens is 233 g/mol. The highest BCUT2D eigenvalue weighted by molar-refractivity contribution is 5.94. The molecular formula is C11H11F3N2O. The lowest BCUT2D eigenvalue weighted by atomic mass is 10.1. The summed E-state index contributed by atoms with van der Waals surface area (Å²) < 4.78 is 40.1. The standard InChI is InChI=1S/C11H11F3N2O/c1-7-15-5-4-8-2-3-9(6-10(8)16-7)17-11(12,13)14/h2-3,6H,4-5H2,1H3,(H,15,16). The van der Waals surface area contributed by atoms with Crippen molar-refractivity contribution >= 4 is 11.5 Å². The highest BCUT2D eigenvalue weighted by Gasteiger charge is 2.31. The van der Waals surface area contributed by atoms with Gasteiger partial charge in [0.25, 0.3) is 0 Å². The van der Waals surface area contributed by atoms with Gasteiger partial charge in [-0.3, -0.25) is 4.99 Å². The number of aliphatic imine (C=N–C) groups is 1. The van der Waals surface area contributed by atoms with E-state index in [9.17, 15) is 13.2 Å². The Morgan fingerprint density at radius 1 is 1.35 bits per heavy atom. The molecule has 17 heavy (non-hydrogen) atoms. The maximum Gasteiger partial charge on any atom is 0.573 e. The number of amidine groups is 1. The van der Waals surface area contributed by atoms with Gasteiger partial charge in [0.1, 0.15) is 5.75 Å². The van der Waals surface area contributed by atoms with Crippen LogP contribution in [0.5, 0.6) is 5.75 Å². The fourth-order valence-corrected chi connectivity index (χ4v) is 1.67. The van der Waals surface area contributed by atoms with Crippen LogP contribution in [0.1, 0.15) is 12.5 Å². The quantitative estimate of drug-likeness (QED) is 0.823. The Hall–Kier alpha value is -1.72. The van der Waals surface area contributed by atoms with Crippen molar-refractivity contribution in [1.82, 2.24) is 0 Å². The maximum absolute atomic E-state index is 12.1. The molecule has 1 aliphatic rings. The van der Waals surface area contributed by atoms with Gasteiger partial charge in [-0.1, -0.05) is 6.07 Å². The molecule has 1 aliphatic heterocycles. The summed E-state index contributed by atoms with van der Waals surface area (Å²) in [5.74, 6) is 0.464. The number of anilines is 1. The number of hydrogen-bond donors (Lipinski definition) is 1. The summed E-state index contributed by atoms with van der Waals surface area (Å²) in [4.78, 5) is 4.19.